The van der Waals surface area contributed by atoms with Gasteiger partial charge in [-0.2, -0.15) is 5.26 Å². The van der Waals surface area contributed by atoms with E-state index >= 15 is 0 Å². The number of nitrogens with zero attached hydrogens (tertiary/aromatic N) is 4. The number of fused-ring (bicyclic) bond motifs is 1. The Morgan fingerprint density at radius 1 is 1.32 bits per heavy atom. The van der Waals surface area contributed by atoms with Crippen molar-refractivity contribution in [2.45, 2.75) is 48.5 Å². The van der Waals surface area contributed by atoms with E-state index in [1.807, 2.05) is 6.92 Å². The van der Waals surface area contributed by atoms with Crippen molar-refractivity contribution in [2.75, 3.05) is 11.1 Å². The SMILES string of the molecule is C=CCn1c(CS(=O)(=O)c2ccc(C)cc2)nnc1SCC(=O)Nc1sc2c(c1C#N)CCC2. The van der Waals surface area contributed by atoms with Gasteiger partial charge in [-0.15, -0.1) is 28.1 Å². The van der Waals surface area contributed by atoms with Gasteiger partial charge in [-0.1, -0.05) is 35.5 Å². The lowest BCUT2D eigenvalue weighted by molar-refractivity contribution is -0.113. The number of carbonyl (C=O) groups is 1. The molecule has 2 heterocycles. The van der Waals surface area contributed by atoms with Gasteiger partial charge in [0.2, 0.25) is 5.91 Å². The largest absolute Gasteiger partial charge is 0.316 e. The van der Waals surface area contributed by atoms with Crippen molar-refractivity contribution < 1.29 is 13.2 Å². The highest BCUT2D eigenvalue weighted by Gasteiger charge is 2.24. The van der Waals surface area contributed by atoms with E-state index in [0.29, 0.717) is 22.3 Å². The molecule has 1 aromatic carbocycles. The zero-order valence-corrected chi connectivity index (χ0v) is 21.0. The number of aryl methyl sites for hydroxylation is 2. The standard InChI is InChI=1S/C23H23N5O3S3/c1-3-11-28-20(14-34(30,31)16-9-7-15(2)8-10-16)26-27-23(28)32-13-21(29)25-22-18(12-24)17-5-4-6-19(17)33-22/h3,7-10H,1,4-6,11,13-14H2,2H3,(H,25,29). The Labute approximate surface area is 206 Å². The first-order valence-corrected chi connectivity index (χ1v) is 14.1. The van der Waals surface area contributed by atoms with Crippen molar-refractivity contribution in [1.29, 1.82) is 5.26 Å². The molecular formula is C23H23N5O3S3. The monoisotopic (exact) mass is 513 g/mol. The third-order valence-electron chi connectivity index (χ3n) is 5.42. The molecule has 0 saturated carbocycles. The number of amides is 1. The Hall–Kier alpha value is -2.94. The van der Waals surface area contributed by atoms with E-state index in [1.165, 1.54) is 16.2 Å². The van der Waals surface area contributed by atoms with Crippen molar-refractivity contribution >= 4 is 43.8 Å². The van der Waals surface area contributed by atoms with Gasteiger partial charge in [0.25, 0.3) is 0 Å². The summed E-state index contributed by atoms with van der Waals surface area (Å²) in [6.45, 7) is 5.94. The summed E-state index contributed by atoms with van der Waals surface area (Å²) in [5, 5.41) is 21.6. The van der Waals surface area contributed by atoms with Crippen molar-refractivity contribution in [1.82, 2.24) is 14.8 Å². The highest BCUT2D eigenvalue weighted by molar-refractivity contribution is 7.99. The van der Waals surface area contributed by atoms with Crippen LogP contribution in [0.25, 0.3) is 0 Å². The van der Waals surface area contributed by atoms with Crippen LogP contribution >= 0.6 is 23.1 Å². The summed E-state index contributed by atoms with van der Waals surface area (Å²) in [7, 11) is -3.61. The summed E-state index contributed by atoms with van der Waals surface area (Å²) in [5.41, 5.74) is 2.59. The minimum atomic E-state index is -3.61. The Morgan fingerprint density at radius 3 is 2.79 bits per heavy atom. The van der Waals surface area contributed by atoms with Crippen LogP contribution in [0, 0.1) is 18.3 Å². The normalized spacial score (nSPS) is 12.8. The quantitative estimate of drug-likeness (QED) is 0.341. The highest BCUT2D eigenvalue weighted by atomic mass is 32.2. The molecule has 4 rings (SSSR count). The zero-order valence-electron chi connectivity index (χ0n) is 18.6. The summed E-state index contributed by atoms with van der Waals surface area (Å²) < 4.78 is 27.4. The van der Waals surface area contributed by atoms with E-state index in [1.54, 1.807) is 34.9 Å². The van der Waals surface area contributed by atoms with E-state index in [9.17, 15) is 18.5 Å². The fourth-order valence-electron chi connectivity index (χ4n) is 3.75. The van der Waals surface area contributed by atoms with Crippen LogP contribution in [-0.2, 0) is 39.8 Å². The van der Waals surface area contributed by atoms with Crippen LogP contribution in [-0.4, -0.2) is 34.8 Å². The molecular weight excluding hydrogens is 490 g/mol. The molecule has 2 aromatic heterocycles. The molecule has 1 aliphatic carbocycles. The number of carbonyl (C=O) groups excluding carboxylic acids is 1. The number of thiophene rings is 1. The zero-order chi connectivity index (χ0) is 24.3. The molecule has 0 spiro atoms. The van der Waals surface area contributed by atoms with Crippen molar-refractivity contribution in [2.24, 2.45) is 0 Å². The van der Waals surface area contributed by atoms with Crippen molar-refractivity contribution in [3.63, 3.8) is 0 Å². The number of rotatable bonds is 9. The number of hydrogen-bond donors (Lipinski definition) is 1. The number of benzene rings is 1. The minimum absolute atomic E-state index is 0.0490. The fraction of sp³-hybridized carbons (Fsp3) is 0.304. The second-order valence-electron chi connectivity index (χ2n) is 7.88. The predicted octanol–water partition coefficient (Wildman–Crippen LogP) is 3.90. The number of sulfone groups is 1. The lowest BCUT2D eigenvalue weighted by atomic mass is 10.1. The van der Waals surface area contributed by atoms with Gasteiger partial charge in [0.05, 0.1) is 16.2 Å². The second-order valence-corrected chi connectivity index (χ2v) is 11.9. The van der Waals surface area contributed by atoms with E-state index in [0.717, 1.165) is 42.2 Å². The van der Waals surface area contributed by atoms with Crippen LogP contribution in [0.3, 0.4) is 0 Å². The maximum atomic E-state index is 12.9. The summed E-state index contributed by atoms with van der Waals surface area (Å²) in [4.78, 5) is 14.0. The summed E-state index contributed by atoms with van der Waals surface area (Å²) >= 11 is 2.63. The Bertz CT molecular complexity index is 1380. The van der Waals surface area contributed by atoms with Crippen LogP contribution in [0.15, 0.2) is 47.0 Å². The molecule has 0 saturated heterocycles. The molecule has 0 unspecified atom stereocenters. The van der Waals surface area contributed by atoms with Gasteiger partial charge in [-0.25, -0.2) is 8.42 Å². The first-order chi connectivity index (χ1) is 16.3. The Balaban J connectivity index is 1.46. The summed E-state index contributed by atoms with van der Waals surface area (Å²) in [5.74, 6) is -0.239. The molecule has 3 aromatic rings. The number of hydrogen-bond acceptors (Lipinski definition) is 8. The molecule has 0 radical (unpaired) electrons. The third-order valence-corrected chi connectivity index (χ3v) is 9.23. The third kappa shape index (κ3) is 5.09. The maximum Gasteiger partial charge on any atom is 0.235 e. The molecule has 176 valence electrons. The predicted molar refractivity (Wildman–Crippen MR) is 133 cm³/mol. The molecule has 0 aliphatic heterocycles. The average molecular weight is 514 g/mol. The van der Waals surface area contributed by atoms with Gasteiger partial charge in [0, 0.05) is 11.4 Å². The lowest BCUT2D eigenvalue weighted by Crippen LogP contribution is -2.15. The number of aromatic nitrogens is 3. The maximum absolute atomic E-state index is 12.9. The first-order valence-electron chi connectivity index (χ1n) is 10.6. The Morgan fingerprint density at radius 2 is 2.09 bits per heavy atom. The van der Waals surface area contributed by atoms with Crippen molar-refractivity contribution in [3.05, 3.63) is 64.3 Å². The number of nitriles is 1. The van der Waals surface area contributed by atoms with Crippen LogP contribution in [0.2, 0.25) is 0 Å². The molecule has 0 atom stereocenters. The van der Waals surface area contributed by atoms with Gasteiger partial charge >= 0.3 is 0 Å². The molecule has 8 nitrogen and oxygen atoms in total. The van der Waals surface area contributed by atoms with Gasteiger partial charge < -0.3 is 9.88 Å². The fourth-order valence-corrected chi connectivity index (χ4v) is 7.04. The Kier molecular flexibility index (Phi) is 7.21. The van der Waals surface area contributed by atoms with Crippen molar-refractivity contribution in [3.8, 4) is 6.07 Å². The average Bonchev–Trinajstić information content (AvgIpc) is 3.48. The van der Waals surface area contributed by atoms with Crippen LogP contribution in [0.1, 0.15) is 33.8 Å². The topological polar surface area (TPSA) is 118 Å². The lowest BCUT2D eigenvalue weighted by Gasteiger charge is -2.09. The van der Waals surface area contributed by atoms with Crippen LogP contribution in [0.5, 0.6) is 0 Å². The van der Waals surface area contributed by atoms with E-state index in [2.05, 4.69) is 28.2 Å². The van der Waals surface area contributed by atoms with Crippen LogP contribution in [0.4, 0.5) is 5.00 Å². The van der Waals surface area contributed by atoms with E-state index < -0.39 is 9.84 Å². The number of thioether (sulfide) groups is 1. The number of anilines is 1. The van der Waals surface area contributed by atoms with Gasteiger partial charge in [0.1, 0.15) is 22.6 Å². The summed E-state index contributed by atoms with van der Waals surface area (Å²) in [6.07, 6.45) is 4.49. The smallest absolute Gasteiger partial charge is 0.235 e. The van der Waals surface area contributed by atoms with Gasteiger partial charge in [-0.3, -0.25) is 4.79 Å². The molecule has 1 N–H and O–H groups in total. The highest BCUT2D eigenvalue weighted by Crippen LogP contribution is 2.38. The molecule has 34 heavy (non-hydrogen) atoms. The van der Waals surface area contributed by atoms with Gasteiger partial charge in [-0.05, 0) is 43.9 Å². The first kappa shape index (κ1) is 24.2. The molecule has 0 bridgehead atoms. The molecule has 0 fully saturated rings. The van der Waals surface area contributed by atoms with Gasteiger partial charge in [0.15, 0.2) is 15.0 Å². The molecule has 1 amide bonds. The van der Waals surface area contributed by atoms with E-state index in [-0.39, 0.29) is 28.1 Å². The molecule has 11 heteroatoms. The van der Waals surface area contributed by atoms with Crippen LogP contribution < -0.4 is 5.32 Å². The second kappa shape index (κ2) is 10.1. The van der Waals surface area contributed by atoms with E-state index in [4.69, 9.17) is 0 Å². The number of allylic oxidation sites excluding steroid dienone is 1. The summed E-state index contributed by atoms with van der Waals surface area (Å²) in [6, 6.07) is 8.88. The molecule has 1 aliphatic rings. The number of nitrogens with one attached hydrogen (secondary N) is 1. The minimum Gasteiger partial charge on any atom is -0.316 e.